The predicted molar refractivity (Wildman–Crippen MR) is 62.8 cm³/mol. The number of para-hydroxylation sites is 2. The lowest BCUT2D eigenvalue weighted by molar-refractivity contribution is 0.269. The molecular formula is C10H12BN3O4. The molecule has 2 heterocycles. The lowest BCUT2D eigenvalue weighted by Gasteiger charge is -1.91. The monoisotopic (exact) mass is 249 g/mol. The number of hydrogen-bond donors (Lipinski definition) is 2. The molecule has 94 valence electrons. The molecule has 0 saturated carbocycles. The second kappa shape index (κ2) is 6.03. The maximum atomic E-state index is 8.81. The van der Waals surface area contributed by atoms with Gasteiger partial charge in [-0.3, -0.25) is 4.68 Å². The van der Waals surface area contributed by atoms with Crippen LogP contribution in [-0.2, 0) is 6.54 Å². The summed E-state index contributed by atoms with van der Waals surface area (Å²) >= 11 is 0. The van der Waals surface area contributed by atoms with Crippen LogP contribution in [0.5, 0.6) is 11.5 Å². The minimum absolute atomic E-state index is 0.114. The summed E-state index contributed by atoms with van der Waals surface area (Å²) in [6.07, 6.45) is 3.01. The highest BCUT2D eigenvalue weighted by atomic mass is 16.7. The highest BCUT2D eigenvalue weighted by Gasteiger charge is 2.30. The zero-order valence-electron chi connectivity index (χ0n) is 9.51. The summed E-state index contributed by atoms with van der Waals surface area (Å²) in [5, 5.41) is 20.9. The number of aliphatic hydroxyl groups excluding tert-OH is 1. The number of aliphatic hydroxyl groups is 1. The second-order valence-electron chi connectivity index (χ2n) is 3.37. The summed E-state index contributed by atoms with van der Waals surface area (Å²) in [6, 6.07) is 7.12. The first-order chi connectivity index (χ1) is 8.79. The van der Waals surface area contributed by atoms with Gasteiger partial charge < -0.3 is 19.4 Å². The van der Waals surface area contributed by atoms with E-state index in [9.17, 15) is 0 Å². The predicted octanol–water partition coefficient (Wildman–Crippen LogP) is -0.295. The van der Waals surface area contributed by atoms with E-state index in [1.165, 1.54) is 6.33 Å². The van der Waals surface area contributed by atoms with Crippen molar-refractivity contribution in [3.63, 3.8) is 0 Å². The molecule has 1 aliphatic heterocycles. The molecule has 0 radical (unpaired) electrons. The highest BCUT2D eigenvalue weighted by molar-refractivity contribution is 6.38. The first-order valence-electron chi connectivity index (χ1n) is 5.33. The van der Waals surface area contributed by atoms with Gasteiger partial charge in [-0.25, -0.2) is 4.98 Å². The molecule has 1 aromatic heterocycles. The Labute approximate surface area is 104 Å². The van der Waals surface area contributed by atoms with Gasteiger partial charge in [-0.1, -0.05) is 12.1 Å². The largest absolute Gasteiger partial charge is 0.785 e. The van der Waals surface area contributed by atoms with Gasteiger partial charge >= 0.3 is 7.32 Å². The maximum absolute atomic E-state index is 8.81. The standard InChI is InChI=1S/C6H5BO3.C4H7N3O/c8-7-9-5-3-1-2-4-6(5)10-7;8-2-1-7-4-5-3-6-7/h1-4,8H;3-4,8H,1-2H2. The lowest BCUT2D eigenvalue weighted by atomic mass is 10.3. The lowest BCUT2D eigenvalue weighted by Crippen LogP contribution is -2.23. The van der Waals surface area contributed by atoms with Gasteiger partial charge in [-0.2, -0.15) is 5.10 Å². The number of hydrogen-bond acceptors (Lipinski definition) is 6. The minimum Gasteiger partial charge on any atom is -0.498 e. The number of benzene rings is 1. The van der Waals surface area contributed by atoms with Crippen molar-refractivity contribution in [2.75, 3.05) is 6.61 Å². The molecule has 0 spiro atoms. The summed E-state index contributed by atoms with van der Waals surface area (Å²) in [6.45, 7) is 0.642. The molecule has 0 unspecified atom stereocenters. The third-order valence-electron chi connectivity index (χ3n) is 2.10. The molecular weight excluding hydrogens is 237 g/mol. The zero-order chi connectivity index (χ0) is 12.8. The van der Waals surface area contributed by atoms with E-state index < -0.39 is 7.32 Å². The maximum Gasteiger partial charge on any atom is 0.785 e. The van der Waals surface area contributed by atoms with E-state index in [4.69, 9.17) is 19.4 Å². The first kappa shape index (κ1) is 12.4. The van der Waals surface area contributed by atoms with Crippen LogP contribution in [0, 0.1) is 0 Å². The third kappa shape index (κ3) is 3.22. The molecule has 0 saturated heterocycles. The minimum atomic E-state index is -1.13. The Hall–Kier alpha value is -2.06. The molecule has 8 heteroatoms. The van der Waals surface area contributed by atoms with Crippen LogP contribution in [0.25, 0.3) is 0 Å². The third-order valence-corrected chi connectivity index (χ3v) is 2.10. The Morgan fingerprint density at radius 2 is 1.89 bits per heavy atom. The second-order valence-corrected chi connectivity index (χ2v) is 3.37. The van der Waals surface area contributed by atoms with Gasteiger partial charge in [0, 0.05) is 0 Å². The van der Waals surface area contributed by atoms with Crippen LogP contribution in [0.2, 0.25) is 0 Å². The van der Waals surface area contributed by atoms with Crippen molar-refractivity contribution in [2.45, 2.75) is 6.54 Å². The van der Waals surface area contributed by atoms with Crippen LogP contribution >= 0.6 is 0 Å². The number of nitrogens with zero attached hydrogens (tertiary/aromatic N) is 3. The van der Waals surface area contributed by atoms with E-state index in [2.05, 4.69) is 10.1 Å². The van der Waals surface area contributed by atoms with Crippen molar-refractivity contribution in [1.82, 2.24) is 14.8 Å². The Balaban J connectivity index is 0.000000138. The van der Waals surface area contributed by atoms with Crippen molar-refractivity contribution >= 4 is 7.32 Å². The summed E-state index contributed by atoms with van der Waals surface area (Å²) in [5.41, 5.74) is 0. The molecule has 0 atom stereocenters. The molecule has 2 N–H and O–H groups in total. The van der Waals surface area contributed by atoms with Crippen molar-refractivity contribution in [3.05, 3.63) is 36.9 Å². The van der Waals surface area contributed by atoms with Gasteiger partial charge in [0.15, 0.2) is 0 Å². The van der Waals surface area contributed by atoms with Gasteiger partial charge in [-0.05, 0) is 12.1 Å². The van der Waals surface area contributed by atoms with Crippen LogP contribution in [0.3, 0.4) is 0 Å². The Morgan fingerprint density at radius 3 is 2.39 bits per heavy atom. The summed E-state index contributed by atoms with van der Waals surface area (Å²) in [4.78, 5) is 3.68. The molecule has 1 aromatic carbocycles. The van der Waals surface area contributed by atoms with Gasteiger partial charge in [0.2, 0.25) is 0 Å². The van der Waals surface area contributed by atoms with Crippen molar-refractivity contribution < 1.29 is 19.4 Å². The molecule has 3 rings (SSSR count). The van der Waals surface area contributed by atoms with Crippen LogP contribution in [0.15, 0.2) is 36.9 Å². The SMILES string of the molecule is OB1Oc2ccccc2O1.OCCn1cncn1. The topological polar surface area (TPSA) is 89.6 Å². The number of fused-ring (bicyclic) bond motifs is 1. The normalized spacial score (nSPS) is 12.0. The van der Waals surface area contributed by atoms with Gasteiger partial charge in [0.25, 0.3) is 0 Å². The smallest absolute Gasteiger partial charge is 0.498 e. The van der Waals surface area contributed by atoms with Crippen molar-refractivity contribution in [3.8, 4) is 11.5 Å². The Kier molecular flexibility index (Phi) is 4.16. The molecule has 0 fully saturated rings. The molecule has 0 bridgehead atoms. The molecule has 2 aromatic rings. The fourth-order valence-electron chi connectivity index (χ4n) is 1.34. The molecule has 7 nitrogen and oxygen atoms in total. The molecule has 0 aliphatic carbocycles. The quantitative estimate of drug-likeness (QED) is 0.710. The van der Waals surface area contributed by atoms with Crippen LogP contribution in [0.1, 0.15) is 0 Å². The number of aromatic nitrogens is 3. The first-order valence-corrected chi connectivity index (χ1v) is 5.33. The van der Waals surface area contributed by atoms with E-state index in [1.807, 2.05) is 12.1 Å². The summed E-state index contributed by atoms with van der Waals surface area (Å²) in [7, 11) is -1.13. The van der Waals surface area contributed by atoms with Gasteiger partial charge in [0.05, 0.1) is 13.2 Å². The Morgan fingerprint density at radius 1 is 1.22 bits per heavy atom. The fraction of sp³-hybridized carbons (Fsp3) is 0.200. The number of rotatable bonds is 2. The Bertz CT molecular complexity index is 455. The van der Waals surface area contributed by atoms with E-state index >= 15 is 0 Å². The van der Waals surface area contributed by atoms with Crippen molar-refractivity contribution in [1.29, 1.82) is 0 Å². The average molecular weight is 249 g/mol. The van der Waals surface area contributed by atoms with E-state index in [0.717, 1.165) is 0 Å². The van der Waals surface area contributed by atoms with E-state index in [-0.39, 0.29) is 6.61 Å². The van der Waals surface area contributed by atoms with Gasteiger partial charge in [-0.15, -0.1) is 0 Å². The fourth-order valence-corrected chi connectivity index (χ4v) is 1.34. The average Bonchev–Trinajstić information content (AvgIpc) is 2.98. The van der Waals surface area contributed by atoms with E-state index in [1.54, 1.807) is 23.1 Å². The molecule has 0 amide bonds. The highest BCUT2D eigenvalue weighted by Crippen LogP contribution is 2.31. The van der Waals surface area contributed by atoms with Crippen LogP contribution < -0.4 is 9.31 Å². The van der Waals surface area contributed by atoms with Crippen LogP contribution in [-0.4, -0.2) is 38.8 Å². The molecule has 1 aliphatic rings. The van der Waals surface area contributed by atoms with Crippen LogP contribution in [0.4, 0.5) is 0 Å². The molecule has 18 heavy (non-hydrogen) atoms. The summed E-state index contributed by atoms with van der Waals surface area (Å²) in [5.74, 6) is 1.19. The van der Waals surface area contributed by atoms with Crippen molar-refractivity contribution in [2.24, 2.45) is 0 Å². The summed E-state index contributed by atoms with van der Waals surface area (Å²) < 4.78 is 11.2. The van der Waals surface area contributed by atoms with Gasteiger partial charge in [0.1, 0.15) is 24.2 Å². The zero-order valence-corrected chi connectivity index (χ0v) is 9.51. The van der Waals surface area contributed by atoms with E-state index in [0.29, 0.717) is 18.0 Å².